The van der Waals surface area contributed by atoms with Gasteiger partial charge in [-0.05, 0) is 47.4 Å². The van der Waals surface area contributed by atoms with Crippen LogP contribution in [0.4, 0.5) is 5.69 Å². The molecule has 0 saturated heterocycles. The molecule has 1 N–H and O–H groups in total. The number of fused-ring (bicyclic) bond motifs is 1. The predicted octanol–water partition coefficient (Wildman–Crippen LogP) is 4.10. The number of rotatable bonds is 6. The van der Waals surface area contributed by atoms with Crippen molar-refractivity contribution in [3.05, 3.63) is 98.6 Å². The SMILES string of the molecule is COc1cc2c(cc1OC)[C@H](c1cccc([N+](=O)[O-])c1)N(C(=O)c1ccccc1C(=O)O)CC2. The standard InChI is InChI=1S/C25H22N2O7/c1-33-21-13-15-10-11-26(24(28)18-8-3-4-9-19(18)25(29)30)23(20(15)14-22(21)34-2)16-6-5-7-17(12-16)27(31)32/h3-9,12-14,23H,10-11H2,1-2H3,(H,29,30)/t23-/m0/s1. The van der Waals surface area contributed by atoms with Crippen molar-refractivity contribution in [2.24, 2.45) is 0 Å². The van der Waals surface area contributed by atoms with Gasteiger partial charge < -0.3 is 19.5 Å². The van der Waals surface area contributed by atoms with E-state index in [0.717, 1.165) is 11.1 Å². The van der Waals surface area contributed by atoms with E-state index in [2.05, 4.69) is 0 Å². The number of carbonyl (C=O) groups is 2. The molecular weight excluding hydrogens is 440 g/mol. The molecule has 0 radical (unpaired) electrons. The lowest BCUT2D eigenvalue weighted by Crippen LogP contribution is -2.41. The van der Waals surface area contributed by atoms with Crippen LogP contribution in [0.1, 0.15) is 43.4 Å². The van der Waals surface area contributed by atoms with Crippen LogP contribution in [-0.4, -0.2) is 47.6 Å². The number of amides is 1. The van der Waals surface area contributed by atoms with Crippen molar-refractivity contribution in [2.75, 3.05) is 20.8 Å². The van der Waals surface area contributed by atoms with Gasteiger partial charge in [-0.1, -0.05) is 24.3 Å². The van der Waals surface area contributed by atoms with E-state index in [1.807, 2.05) is 6.07 Å². The number of carboxylic acid groups (broad SMARTS) is 1. The minimum Gasteiger partial charge on any atom is -0.493 e. The second-order valence-electron chi connectivity index (χ2n) is 7.76. The minimum absolute atomic E-state index is 0.0503. The second-order valence-corrected chi connectivity index (χ2v) is 7.76. The van der Waals surface area contributed by atoms with Crippen molar-refractivity contribution in [1.82, 2.24) is 4.90 Å². The van der Waals surface area contributed by atoms with Crippen molar-refractivity contribution in [1.29, 1.82) is 0 Å². The quantitative estimate of drug-likeness (QED) is 0.433. The van der Waals surface area contributed by atoms with E-state index in [9.17, 15) is 24.8 Å². The van der Waals surface area contributed by atoms with Gasteiger partial charge >= 0.3 is 5.97 Å². The van der Waals surface area contributed by atoms with Crippen LogP contribution in [0.5, 0.6) is 11.5 Å². The fourth-order valence-corrected chi connectivity index (χ4v) is 4.34. The molecule has 34 heavy (non-hydrogen) atoms. The van der Waals surface area contributed by atoms with Crippen LogP contribution in [0, 0.1) is 10.1 Å². The number of ether oxygens (including phenoxy) is 2. The normalized spacial score (nSPS) is 14.8. The Kier molecular flexibility index (Phi) is 6.18. The molecule has 1 aliphatic rings. The molecule has 3 aromatic rings. The molecule has 1 heterocycles. The average molecular weight is 462 g/mol. The average Bonchev–Trinajstić information content (AvgIpc) is 2.86. The monoisotopic (exact) mass is 462 g/mol. The summed E-state index contributed by atoms with van der Waals surface area (Å²) >= 11 is 0. The molecule has 9 heteroatoms. The number of nitro benzene ring substituents is 1. The zero-order valence-electron chi connectivity index (χ0n) is 18.6. The van der Waals surface area contributed by atoms with E-state index in [4.69, 9.17) is 9.47 Å². The van der Waals surface area contributed by atoms with Gasteiger partial charge in [0.15, 0.2) is 11.5 Å². The number of benzene rings is 3. The van der Waals surface area contributed by atoms with Gasteiger partial charge in [-0.25, -0.2) is 4.79 Å². The Hall–Kier alpha value is -4.40. The first-order valence-electron chi connectivity index (χ1n) is 10.5. The molecule has 3 aromatic carbocycles. The largest absolute Gasteiger partial charge is 0.493 e. The van der Waals surface area contributed by atoms with E-state index in [-0.39, 0.29) is 23.4 Å². The summed E-state index contributed by atoms with van der Waals surface area (Å²) in [4.78, 5) is 37.9. The van der Waals surface area contributed by atoms with Crippen LogP contribution < -0.4 is 9.47 Å². The maximum absolute atomic E-state index is 13.7. The molecule has 0 fully saturated rings. The van der Waals surface area contributed by atoms with Crippen LogP contribution in [0.3, 0.4) is 0 Å². The number of carboxylic acids is 1. The van der Waals surface area contributed by atoms with Gasteiger partial charge in [0.25, 0.3) is 11.6 Å². The maximum Gasteiger partial charge on any atom is 0.336 e. The van der Waals surface area contributed by atoms with Gasteiger partial charge in [0.1, 0.15) is 0 Å². The molecular formula is C25H22N2O7. The zero-order valence-corrected chi connectivity index (χ0v) is 18.6. The molecule has 174 valence electrons. The smallest absolute Gasteiger partial charge is 0.336 e. The number of hydrogen-bond acceptors (Lipinski definition) is 6. The molecule has 0 unspecified atom stereocenters. The molecule has 1 amide bonds. The highest BCUT2D eigenvalue weighted by Gasteiger charge is 2.35. The summed E-state index contributed by atoms with van der Waals surface area (Å²) in [6.45, 7) is 0.280. The molecule has 9 nitrogen and oxygen atoms in total. The van der Waals surface area contributed by atoms with Gasteiger partial charge in [0.2, 0.25) is 0 Å². The third-order valence-corrected chi connectivity index (χ3v) is 5.92. The first kappa shape index (κ1) is 22.8. The lowest BCUT2D eigenvalue weighted by Gasteiger charge is -2.38. The Labute approximate surface area is 195 Å². The predicted molar refractivity (Wildman–Crippen MR) is 123 cm³/mol. The van der Waals surface area contributed by atoms with Gasteiger partial charge in [0.05, 0.1) is 36.3 Å². The molecule has 1 atom stereocenters. The second kappa shape index (κ2) is 9.22. The number of hydrogen-bond donors (Lipinski definition) is 1. The number of methoxy groups -OCH3 is 2. The maximum atomic E-state index is 13.7. The summed E-state index contributed by atoms with van der Waals surface area (Å²) in [6, 6.07) is 15.0. The molecule has 0 saturated carbocycles. The first-order valence-corrected chi connectivity index (χ1v) is 10.5. The van der Waals surface area contributed by atoms with E-state index >= 15 is 0 Å². The first-order chi connectivity index (χ1) is 16.3. The Balaban J connectivity index is 1.91. The lowest BCUT2D eigenvalue weighted by molar-refractivity contribution is -0.384. The topological polar surface area (TPSA) is 119 Å². The third kappa shape index (κ3) is 4.03. The van der Waals surface area contributed by atoms with Crippen molar-refractivity contribution >= 4 is 17.6 Å². The molecule has 0 spiro atoms. The highest BCUT2D eigenvalue weighted by Crippen LogP contribution is 2.42. The Morgan fingerprint density at radius 1 is 1.00 bits per heavy atom. The number of aromatic carboxylic acids is 1. The third-order valence-electron chi connectivity index (χ3n) is 5.92. The number of nitro groups is 1. The van der Waals surface area contributed by atoms with Crippen molar-refractivity contribution in [3.8, 4) is 11.5 Å². The van der Waals surface area contributed by atoms with Crippen LogP contribution in [0.2, 0.25) is 0 Å². The van der Waals surface area contributed by atoms with Gasteiger partial charge in [-0.2, -0.15) is 0 Å². The Morgan fingerprint density at radius 3 is 2.32 bits per heavy atom. The summed E-state index contributed by atoms with van der Waals surface area (Å²) in [5.41, 5.74) is 2.00. The summed E-state index contributed by atoms with van der Waals surface area (Å²) in [5, 5.41) is 21.0. The van der Waals surface area contributed by atoms with Gasteiger partial charge in [0, 0.05) is 18.7 Å². The lowest BCUT2D eigenvalue weighted by atomic mass is 9.86. The molecule has 0 aromatic heterocycles. The van der Waals surface area contributed by atoms with Gasteiger partial charge in [-0.15, -0.1) is 0 Å². The highest BCUT2D eigenvalue weighted by atomic mass is 16.6. The van der Waals surface area contributed by atoms with E-state index in [1.165, 1.54) is 38.5 Å². The summed E-state index contributed by atoms with van der Waals surface area (Å²) < 4.78 is 10.9. The van der Waals surface area contributed by atoms with Crippen molar-refractivity contribution < 1.29 is 29.1 Å². The molecule has 0 aliphatic carbocycles. The fourth-order valence-electron chi connectivity index (χ4n) is 4.34. The summed E-state index contributed by atoms with van der Waals surface area (Å²) in [5.74, 6) is -0.693. The van der Waals surface area contributed by atoms with Crippen LogP contribution >= 0.6 is 0 Å². The summed E-state index contributed by atoms with van der Waals surface area (Å²) in [6.07, 6.45) is 0.488. The summed E-state index contributed by atoms with van der Waals surface area (Å²) in [7, 11) is 3.03. The van der Waals surface area contributed by atoms with Crippen LogP contribution in [0.15, 0.2) is 60.7 Å². The molecule has 0 bridgehead atoms. The van der Waals surface area contributed by atoms with Crippen molar-refractivity contribution in [3.63, 3.8) is 0 Å². The van der Waals surface area contributed by atoms with Gasteiger partial charge in [-0.3, -0.25) is 14.9 Å². The highest BCUT2D eigenvalue weighted by molar-refractivity contribution is 6.05. The van der Waals surface area contributed by atoms with E-state index in [1.54, 1.807) is 35.2 Å². The number of carbonyl (C=O) groups excluding carboxylic acids is 1. The Morgan fingerprint density at radius 2 is 1.68 bits per heavy atom. The molecule has 1 aliphatic heterocycles. The number of nitrogens with zero attached hydrogens (tertiary/aromatic N) is 2. The van der Waals surface area contributed by atoms with Crippen LogP contribution in [-0.2, 0) is 6.42 Å². The molecule has 4 rings (SSSR count). The van der Waals surface area contributed by atoms with E-state index in [0.29, 0.717) is 23.5 Å². The zero-order chi connectivity index (χ0) is 24.4. The Bertz CT molecular complexity index is 1290. The van der Waals surface area contributed by atoms with Crippen LogP contribution in [0.25, 0.3) is 0 Å². The minimum atomic E-state index is -1.21. The van der Waals surface area contributed by atoms with Crippen molar-refractivity contribution in [2.45, 2.75) is 12.5 Å². The number of non-ortho nitro benzene ring substituents is 1. The fraction of sp³-hybridized carbons (Fsp3) is 0.200. The van der Waals surface area contributed by atoms with E-state index < -0.39 is 22.8 Å².